The van der Waals surface area contributed by atoms with Crippen LogP contribution in [0.2, 0.25) is 20.1 Å². The number of carbonyl (C=O) groups excluding carboxylic acids is 2. The molecule has 206 valence electrons. The highest BCUT2D eigenvalue weighted by Crippen LogP contribution is 2.42. The van der Waals surface area contributed by atoms with Gasteiger partial charge in [-0.25, -0.2) is 9.78 Å². The third-order valence-corrected chi connectivity index (χ3v) is 9.26. The van der Waals surface area contributed by atoms with E-state index in [1.54, 1.807) is 31.2 Å². The highest BCUT2D eigenvalue weighted by atomic mass is 35.5. The number of hydrogen-bond donors (Lipinski definition) is 3. The second-order valence-corrected chi connectivity index (χ2v) is 12.2. The number of carboxylic acid groups (broad SMARTS) is 1. The van der Waals surface area contributed by atoms with Crippen LogP contribution in [0.5, 0.6) is 0 Å². The molecule has 0 aliphatic carbocycles. The third kappa shape index (κ3) is 6.74. The normalized spacial score (nSPS) is 11.7. The summed E-state index contributed by atoms with van der Waals surface area (Å²) >= 11 is 26.8. The summed E-state index contributed by atoms with van der Waals surface area (Å²) in [5.74, 6) is -2.53. The molecule has 0 aliphatic heterocycles. The summed E-state index contributed by atoms with van der Waals surface area (Å²) in [6, 6.07) is 14.6. The van der Waals surface area contributed by atoms with E-state index in [1.165, 1.54) is 23.1 Å². The average molecular weight is 655 g/mol. The molecular weight excluding hydrogens is 636 g/mol. The monoisotopic (exact) mass is 653 g/mol. The molecule has 0 bridgehead atoms. The van der Waals surface area contributed by atoms with E-state index in [-0.39, 0.29) is 21.0 Å². The number of anilines is 2. The highest BCUT2D eigenvalue weighted by molar-refractivity contribution is 8.00. The second kappa shape index (κ2) is 12.8. The first-order valence-electron chi connectivity index (χ1n) is 11.5. The molecular formula is C27H19Cl4N3O4S2. The van der Waals surface area contributed by atoms with Gasteiger partial charge < -0.3 is 15.7 Å². The quantitative estimate of drug-likeness (QED) is 0.0995. The molecule has 0 spiro atoms. The van der Waals surface area contributed by atoms with Crippen molar-refractivity contribution in [2.45, 2.75) is 24.0 Å². The zero-order chi connectivity index (χ0) is 29.1. The maximum atomic E-state index is 12.9. The number of benzene rings is 3. The van der Waals surface area contributed by atoms with Gasteiger partial charge in [-0.15, -0.1) is 23.1 Å². The molecule has 1 unspecified atom stereocenters. The molecule has 1 atom stereocenters. The van der Waals surface area contributed by atoms with Crippen molar-refractivity contribution in [3.63, 3.8) is 0 Å². The molecule has 2 amide bonds. The van der Waals surface area contributed by atoms with Crippen molar-refractivity contribution >= 4 is 98.1 Å². The van der Waals surface area contributed by atoms with Crippen LogP contribution in [0.3, 0.4) is 0 Å². The van der Waals surface area contributed by atoms with Crippen molar-refractivity contribution in [1.29, 1.82) is 0 Å². The molecule has 13 heteroatoms. The largest absolute Gasteiger partial charge is 0.478 e. The van der Waals surface area contributed by atoms with E-state index >= 15 is 0 Å². The Kier molecular flexibility index (Phi) is 9.66. The third-order valence-electron chi connectivity index (χ3n) is 5.58. The fourth-order valence-electron chi connectivity index (χ4n) is 3.51. The maximum absolute atomic E-state index is 12.9. The summed E-state index contributed by atoms with van der Waals surface area (Å²) in [5.41, 5.74) is 2.30. The summed E-state index contributed by atoms with van der Waals surface area (Å²) in [4.78, 5) is 42.7. The van der Waals surface area contributed by atoms with E-state index in [4.69, 9.17) is 46.4 Å². The van der Waals surface area contributed by atoms with Gasteiger partial charge in [-0.2, -0.15) is 0 Å². The number of nitrogens with one attached hydrogen (secondary N) is 2. The average Bonchev–Trinajstić information content (AvgIpc) is 3.38. The molecule has 4 rings (SSSR count). The Hall–Kier alpha value is -2.79. The first kappa shape index (κ1) is 30.2. The van der Waals surface area contributed by atoms with Gasteiger partial charge in [0.25, 0.3) is 5.91 Å². The van der Waals surface area contributed by atoms with Gasteiger partial charge in [0.05, 0.1) is 42.2 Å². The lowest BCUT2D eigenvalue weighted by molar-refractivity contribution is -0.115. The predicted octanol–water partition coefficient (Wildman–Crippen LogP) is 8.80. The van der Waals surface area contributed by atoms with Crippen LogP contribution in [-0.4, -0.2) is 33.1 Å². The number of hydrogen-bond acceptors (Lipinski definition) is 6. The standard InChI is InChI=1S/C27H19Cl4N3O4S2/c1-12-3-5-14(6-4-12)17-11-39-27(33-17)34-24(35)13(2)40-16-9-7-15(8-10-16)32-25(36)18-19(26(37)38)21(29)23(31)22(30)20(18)28/h3-11,13H,1-2H3,(H,32,36)(H,37,38)(H,33,34,35). The van der Waals surface area contributed by atoms with Crippen molar-refractivity contribution in [2.24, 2.45) is 0 Å². The summed E-state index contributed by atoms with van der Waals surface area (Å²) < 4.78 is 0. The smallest absolute Gasteiger partial charge is 0.338 e. The topological polar surface area (TPSA) is 108 Å². The van der Waals surface area contributed by atoms with Gasteiger partial charge in [0, 0.05) is 21.5 Å². The number of thiazole rings is 1. The van der Waals surface area contributed by atoms with Crippen LogP contribution >= 0.6 is 69.5 Å². The zero-order valence-corrected chi connectivity index (χ0v) is 25.4. The number of halogens is 4. The number of aromatic nitrogens is 1. The van der Waals surface area contributed by atoms with E-state index < -0.39 is 33.3 Å². The van der Waals surface area contributed by atoms with Crippen molar-refractivity contribution < 1.29 is 19.5 Å². The molecule has 1 aromatic heterocycles. The van der Waals surface area contributed by atoms with Gasteiger partial charge in [-0.05, 0) is 38.1 Å². The Morgan fingerprint density at radius 3 is 2.08 bits per heavy atom. The second-order valence-electron chi connectivity index (χ2n) is 8.44. The minimum atomic E-state index is -1.49. The van der Waals surface area contributed by atoms with Crippen LogP contribution < -0.4 is 10.6 Å². The van der Waals surface area contributed by atoms with Crippen molar-refractivity contribution in [1.82, 2.24) is 4.98 Å². The van der Waals surface area contributed by atoms with Crippen molar-refractivity contribution in [2.75, 3.05) is 10.6 Å². The Balaban J connectivity index is 1.40. The molecule has 3 aromatic carbocycles. The van der Waals surface area contributed by atoms with Crippen LogP contribution in [0.15, 0.2) is 58.8 Å². The Morgan fingerprint density at radius 2 is 1.48 bits per heavy atom. The van der Waals surface area contributed by atoms with Crippen LogP contribution in [0.25, 0.3) is 11.3 Å². The number of carbonyl (C=O) groups is 3. The molecule has 0 fully saturated rings. The Bertz CT molecular complexity index is 1610. The van der Waals surface area contributed by atoms with Gasteiger partial charge in [0.15, 0.2) is 5.13 Å². The maximum Gasteiger partial charge on any atom is 0.338 e. The number of thioether (sulfide) groups is 1. The molecule has 7 nitrogen and oxygen atoms in total. The lowest BCUT2D eigenvalue weighted by atomic mass is 10.1. The van der Waals surface area contributed by atoms with Gasteiger partial charge >= 0.3 is 5.97 Å². The van der Waals surface area contributed by atoms with Gasteiger partial charge in [0.1, 0.15) is 0 Å². The molecule has 40 heavy (non-hydrogen) atoms. The number of aromatic carboxylic acids is 1. The van der Waals surface area contributed by atoms with Crippen LogP contribution in [0, 0.1) is 6.92 Å². The van der Waals surface area contributed by atoms with Crippen molar-refractivity contribution in [3.05, 3.63) is 90.7 Å². The SMILES string of the molecule is Cc1ccc(-c2csc(NC(=O)C(C)Sc3ccc(NC(=O)c4c(Cl)c(Cl)c(Cl)c(Cl)c4C(=O)O)cc3)n2)cc1. The van der Waals surface area contributed by atoms with Gasteiger partial charge in [-0.1, -0.05) is 76.2 Å². The Morgan fingerprint density at radius 1 is 0.875 bits per heavy atom. The Labute approximate surface area is 257 Å². The fourth-order valence-corrected chi connectivity index (χ4v) is 6.12. The molecule has 0 saturated carbocycles. The lowest BCUT2D eigenvalue weighted by Gasteiger charge is -2.14. The molecule has 0 saturated heterocycles. The van der Waals surface area contributed by atoms with E-state index in [0.717, 1.165) is 21.7 Å². The number of rotatable bonds is 8. The lowest BCUT2D eigenvalue weighted by Crippen LogP contribution is -2.22. The highest BCUT2D eigenvalue weighted by Gasteiger charge is 2.29. The van der Waals surface area contributed by atoms with Gasteiger partial charge in [-0.3, -0.25) is 9.59 Å². The molecule has 0 aliphatic rings. The number of nitrogens with zero attached hydrogens (tertiary/aromatic N) is 1. The number of aryl methyl sites for hydroxylation is 1. The zero-order valence-electron chi connectivity index (χ0n) is 20.7. The molecule has 4 aromatic rings. The van der Waals surface area contributed by atoms with Gasteiger partial charge in [0.2, 0.25) is 5.91 Å². The van der Waals surface area contributed by atoms with E-state index in [9.17, 15) is 19.5 Å². The predicted molar refractivity (Wildman–Crippen MR) is 164 cm³/mol. The van der Waals surface area contributed by atoms with Crippen LogP contribution in [0.4, 0.5) is 10.8 Å². The molecule has 3 N–H and O–H groups in total. The summed E-state index contributed by atoms with van der Waals surface area (Å²) in [6.07, 6.45) is 0. The molecule has 0 radical (unpaired) electrons. The number of carboxylic acids is 1. The minimum absolute atomic E-state index is 0.209. The first-order chi connectivity index (χ1) is 19.0. The number of amides is 2. The van der Waals surface area contributed by atoms with Crippen LogP contribution in [0.1, 0.15) is 33.2 Å². The van der Waals surface area contributed by atoms with Crippen LogP contribution in [-0.2, 0) is 4.79 Å². The first-order valence-corrected chi connectivity index (χ1v) is 14.7. The summed E-state index contributed by atoms with van der Waals surface area (Å²) in [7, 11) is 0. The summed E-state index contributed by atoms with van der Waals surface area (Å²) in [6.45, 7) is 3.79. The van der Waals surface area contributed by atoms with E-state index in [2.05, 4.69) is 15.6 Å². The fraction of sp³-hybridized carbons (Fsp3) is 0.111. The molecule has 1 heterocycles. The minimum Gasteiger partial charge on any atom is -0.478 e. The summed E-state index contributed by atoms with van der Waals surface area (Å²) in [5, 5.41) is 15.7. The van der Waals surface area contributed by atoms with E-state index in [0.29, 0.717) is 10.8 Å². The van der Waals surface area contributed by atoms with E-state index in [1.807, 2.05) is 36.6 Å². The van der Waals surface area contributed by atoms with Crippen molar-refractivity contribution in [3.8, 4) is 11.3 Å².